The average molecular weight is 281 g/mol. The molecule has 2 aliphatic heterocycles. The maximum atomic E-state index is 12.9. The third-order valence-corrected chi connectivity index (χ3v) is 5.35. The molecule has 0 saturated carbocycles. The van der Waals surface area contributed by atoms with Crippen LogP contribution in [-0.4, -0.2) is 62.0 Å². The Labute approximate surface area is 123 Å². The molecule has 2 heterocycles. The number of amides is 1. The second-order valence-corrected chi connectivity index (χ2v) is 7.25. The number of carbonyl (C=O) groups is 1. The van der Waals surface area contributed by atoms with Gasteiger partial charge in [-0.3, -0.25) is 4.79 Å². The molecule has 1 atom stereocenters. The summed E-state index contributed by atoms with van der Waals surface area (Å²) < 4.78 is 0. The van der Waals surface area contributed by atoms with Crippen molar-refractivity contribution in [2.45, 2.75) is 45.6 Å². The van der Waals surface area contributed by atoms with Gasteiger partial charge in [-0.05, 0) is 58.8 Å². The Kier molecular flexibility index (Phi) is 5.08. The second kappa shape index (κ2) is 6.44. The second-order valence-electron chi connectivity index (χ2n) is 7.25. The molecule has 2 aliphatic rings. The van der Waals surface area contributed by atoms with Crippen LogP contribution in [0.2, 0.25) is 0 Å². The molecule has 4 heteroatoms. The third-order valence-electron chi connectivity index (χ3n) is 5.35. The highest BCUT2D eigenvalue weighted by Crippen LogP contribution is 2.34. The van der Waals surface area contributed by atoms with E-state index in [-0.39, 0.29) is 5.41 Å². The van der Waals surface area contributed by atoms with Gasteiger partial charge in [0.05, 0.1) is 0 Å². The van der Waals surface area contributed by atoms with Crippen LogP contribution in [0.25, 0.3) is 0 Å². The smallest absolute Gasteiger partial charge is 0.228 e. The molecule has 2 rings (SSSR count). The summed E-state index contributed by atoms with van der Waals surface area (Å²) in [6.45, 7) is 8.23. The van der Waals surface area contributed by atoms with E-state index in [1.807, 2.05) is 0 Å². The van der Waals surface area contributed by atoms with E-state index >= 15 is 0 Å². The SMILES string of the molecule is CN(C)C1CCN(C(=O)C(C)(C)C2CCCNC2)CC1. The molecule has 2 saturated heterocycles. The molecule has 0 aromatic carbocycles. The van der Waals surface area contributed by atoms with Crippen molar-refractivity contribution < 1.29 is 4.79 Å². The van der Waals surface area contributed by atoms with Crippen LogP contribution >= 0.6 is 0 Å². The van der Waals surface area contributed by atoms with Crippen molar-refractivity contribution in [1.82, 2.24) is 15.1 Å². The molecule has 116 valence electrons. The monoisotopic (exact) mass is 281 g/mol. The fourth-order valence-electron chi connectivity index (χ4n) is 3.64. The Hall–Kier alpha value is -0.610. The van der Waals surface area contributed by atoms with Gasteiger partial charge in [-0.15, -0.1) is 0 Å². The normalized spacial score (nSPS) is 26.1. The minimum atomic E-state index is -0.224. The zero-order valence-corrected chi connectivity index (χ0v) is 13.6. The lowest BCUT2D eigenvalue weighted by atomic mass is 9.73. The van der Waals surface area contributed by atoms with E-state index < -0.39 is 0 Å². The maximum Gasteiger partial charge on any atom is 0.228 e. The predicted molar refractivity (Wildman–Crippen MR) is 82.7 cm³/mol. The van der Waals surface area contributed by atoms with Gasteiger partial charge in [-0.25, -0.2) is 0 Å². The Bertz CT molecular complexity index is 327. The Morgan fingerprint density at radius 1 is 1.20 bits per heavy atom. The number of hydrogen-bond acceptors (Lipinski definition) is 3. The highest BCUT2D eigenvalue weighted by Gasteiger charge is 2.40. The van der Waals surface area contributed by atoms with Crippen molar-refractivity contribution in [1.29, 1.82) is 0 Å². The van der Waals surface area contributed by atoms with Crippen molar-refractivity contribution in [3.63, 3.8) is 0 Å². The molecule has 0 aliphatic carbocycles. The summed E-state index contributed by atoms with van der Waals surface area (Å²) in [6, 6.07) is 0.638. The Morgan fingerprint density at radius 3 is 2.35 bits per heavy atom. The van der Waals surface area contributed by atoms with Crippen molar-refractivity contribution in [2.75, 3.05) is 40.3 Å². The van der Waals surface area contributed by atoms with Gasteiger partial charge in [0.2, 0.25) is 5.91 Å². The van der Waals surface area contributed by atoms with Crippen LogP contribution < -0.4 is 5.32 Å². The molecule has 0 aromatic heterocycles. The van der Waals surface area contributed by atoms with Gasteiger partial charge < -0.3 is 15.1 Å². The Morgan fingerprint density at radius 2 is 1.85 bits per heavy atom. The molecule has 0 aromatic rings. The maximum absolute atomic E-state index is 12.9. The van der Waals surface area contributed by atoms with Crippen molar-refractivity contribution in [3.8, 4) is 0 Å². The van der Waals surface area contributed by atoms with Crippen molar-refractivity contribution in [2.24, 2.45) is 11.3 Å². The first-order chi connectivity index (χ1) is 9.43. The van der Waals surface area contributed by atoms with E-state index in [9.17, 15) is 4.79 Å². The molecular formula is C16H31N3O. The summed E-state index contributed by atoms with van der Waals surface area (Å²) >= 11 is 0. The van der Waals surface area contributed by atoms with Gasteiger partial charge in [-0.2, -0.15) is 0 Å². The molecular weight excluding hydrogens is 250 g/mol. The van der Waals surface area contributed by atoms with E-state index in [0.717, 1.165) is 39.0 Å². The molecule has 0 bridgehead atoms. The standard InChI is InChI=1S/C16H31N3O/c1-16(2,13-6-5-9-17-12-13)15(20)19-10-7-14(8-11-19)18(3)4/h13-14,17H,5-12H2,1-4H3. The van der Waals surface area contributed by atoms with Crippen LogP contribution in [0.3, 0.4) is 0 Å². The first kappa shape index (κ1) is 15.8. The summed E-state index contributed by atoms with van der Waals surface area (Å²) in [5.41, 5.74) is -0.224. The molecule has 4 nitrogen and oxygen atoms in total. The quantitative estimate of drug-likeness (QED) is 0.853. The number of rotatable bonds is 3. The zero-order valence-electron chi connectivity index (χ0n) is 13.6. The van der Waals surface area contributed by atoms with Crippen LogP contribution in [0.5, 0.6) is 0 Å². The Balaban J connectivity index is 1.93. The first-order valence-corrected chi connectivity index (χ1v) is 8.09. The van der Waals surface area contributed by atoms with Crippen LogP contribution in [0.1, 0.15) is 39.5 Å². The fourth-order valence-corrected chi connectivity index (χ4v) is 3.64. The molecule has 2 fully saturated rings. The lowest BCUT2D eigenvalue weighted by Crippen LogP contribution is -2.52. The van der Waals surface area contributed by atoms with Crippen LogP contribution in [0, 0.1) is 11.3 Å². The van der Waals surface area contributed by atoms with Crippen LogP contribution in [0.15, 0.2) is 0 Å². The lowest BCUT2D eigenvalue weighted by molar-refractivity contribution is -0.145. The van der Waals surface area contributed by atoms with Crippen LogP contribution in [0.4, 0.5) is 0 Å². The van der Waals surface area contributed by atoms with Crippen LogP contribution in [-0.2, 0) is 4.79 Å². The minimum Gasteiger partial charge on any atom is -0.342 e. The number of hydrogen-bond donors (Lipinski definition) is 1. The fraction of sp³-hybridized carbons (Fsp3) is 0.938. The molecule has 20 heavy (non-hydrogen) atoms. The minimum absolute atomic E-state index is 0.224. The molecule has 1 N–H and O–H groups in total. The molecule has 1 unspecified atom stereocenters. The molecule has 0 radical (unpaired) electrons. The number of nitrogens with zero attached hydrogens (tertiary/aromatic N) is 2. The number of piperidine rings is 2. The van der Waals surface area contributed by atoms with Gasteiger partial charge in [0, 0.05) is 24.5 Å². The van der Waals surface area contributed by atoms with Gasteiger partial charge in [0.15, 0.2) is 0 Å². The largest absolute Gasteiger partial charge is 0.342 e. The summed E-state index contributed by atoms with van der Waals surface area (Å²) in [4.78, 5) is 17.3. The van der Waals surface area contributed by atoms with Gasteiger partial charge in [0.25, 0.3) is 0 Å². The van der Waals surface area contributed by atoms with E-state index in [2.05, 4.69) is 43.1 Å². The summed E-state index contributed by atoms with van der Waals surface area (Å²) in [7, 11) is 4.28. The predicted octanol–water partition coefficient (Wildman–Crippen LogP) is 1.56. The lowest BCUT2D eigenvalue weighted by Gasteiger charge is -2.42. The zero-order chi connectivity index (χ0) is 14.8. The van der Waals surface area contributed by atoms with E-state index in [1.165, 1.54) is 12.8 Å². The van der Waals surface area contributed by atoms with Gasteiger partial charge in [0.1, 0.15) is 0 Å². The van der Waals surface area contributed by atoms with Gasteiger partial charge >= 0.3 is 0 Å². The van der Waals surface area contributed by atoms with E-state index in [4.69, 9.17) is 0 Å². The first-order valence-electron chi connectivity index (χ1n) is 8.09. The van der Waals surface area contributed by atoms with Crippen molar-refractivity contribution in [3.05, 3.63) is 0 Å². The molecule has 1 amide bonds. The average Bonchev–Trinajstić information content (AvgIpc) is 2.47. The van der Waals surface area contributed by atoms with E-state index in [1.54, 1.807) is 0 Å². The highest BCUT2D eigenvalue weighted by atomic mass is 16.2. The summed E-state index contributed by atoms with van der Waals surface area (Å²) in [5.74, 6) is 0.846. The van der Waals surface area contributed by atoms with Crippen molar-refractivity contribution >= 4 is 5.91 Å². The topological polar surface area (TPSA) is 35.6 Å². The summed E-state index contributed by atoms with van der Waals surface area (Å²) in [6.07, 6.45) is 4.60. The summed E-state index contributed by atoms with van der Waals surface area (Å²) in [5, 5.41) is 3.44. The number of carbonyl (C=O) groups excluding carboxylic acids is 1. The van der Waals surface area contributed by atoms with Gasteiger partial charge in [-0.1, -0.05) is 13.8 Å². The number of likely N-dealkylation sites (tertiary alicyclic amines) is 1. The number of nitrogens with one attached hydrogen (secondary N) is 1. The molecule has 0 spiro atoms. The highest BCUT2D eigenvalue weighted by molar-refractivity contribution is 5.82. The third kappa shape index (κ3) is 3.34. The van der Waals surface area contributed by atoms with E-state index in [0.29, 0.717) is 17.9 Å².